The van der Waals surface area contributed by atoms with Crippen molar-refractivity contribution < 1.29 is 15.0 Å². The van der Waals surface area contributed by atoms with Crippen molar-refractivity contribution in [1.29, 1.82) is 0 Å². The van der Waals surface area contributed by atoms with E-state index >= 15 is 0 Å². The van der Waals surface area contributed by atoms with Crippen LogP contribution in [0.2, 0.25) is 0 Å². The molecule has 0 aliphatic rings. The van der Waals surface area contributed by atoms with Gasteiger partial charge in [0.05, 0.1) is 5.69 Å². The van der Waals surface area contributed by atoms with Crippen LogP contribution in [-0.2, 0) is 0 Å². The molecule has 0 bridgehead atoms. The maximum Gasteiger partial charge on any atom is 0.198 e. The van der Waals surface area contributed by atoms with Crippen LogP contribution in [0.15, 0.2) is 36.4 Å². The van der Waals surface area contributed by atoms with Crippen molar-refractivity contribution in [2.75, 3.05) is 0 Å². The van der Waals surface area contributed by atoms with E-state index in [9.17, 15) is 15.0 Å². The van der Waals surface area contributed by atoms with Gasteiger partial charge in [0.25, 0.3) is 0 Å². The number of hydrogen-bond acceptors (Lipinski definition) is 3. The SMILES string of the molecule is CC(=O)c1ccc(-n2c(O)ccc2O)cc1. The molecule has 82 valence electrons. The monoisotopic (exact) mass is 217 g/mol. The molecule has 0 atom stereocenters. The Morgan fingerprint density at radius 1 is 1.00 bits per heavy atom. The van der Waals surface area contributed by atoms with Gasteiger partial charge in [0.15, 0.2) is 17.5 Å². The first-order valence-corrected chi connectivity index (χ1v) is 4.80. The minimum atomic E-state index is -0.0481. The molecule has 0 aliphatic heterocycles. The van der Waals surface area contributed by atoms with Crippen LogP contribution in [0.4, 0.5) is 0 Å². The highest BCUT2D eigenvalue weighted by atomic mass is 16.3. The van der Waals surface area contributed by atoms with Crippen LogP contribution in [0, 0.1) is 0 Å². The first kappa shape index (κ1) is 10.3. The molecule has 0 spiro atoms. The van der Waals surface area contributed by atoms with Crippen LogP contribution in [0.5, 0.6) is 11.8 Å². The van der Waals surface area contributed by atoms with E-state index in [1.165, 1.54) is 23.6 Å². The molecular weight excluding hydrogens is 206 g/mol. The number of carbonyl (C=O) groups is 1. The maximum atomic E-state index is 11.1. The van der Waals surface area contributed by atoms with E-state index < -0.39 is 0 Å². The van der Waals surface area contributed by atoms with Crippen molar-refractivity contribution in [3.63, 3.8) is 0 Å². The first-order valence-electron chi connectivity index (χ1n) is 4.80. The molecule has 0 radical (unpaired) electrons. The van der Waals surface area contributed by atoms with E-state index in [2.05, 4.69) is 0 Å². The Morgan fingerprint density at radius 3 is 1.94 bits per heavy atom. The molecule has 0 fully saturated rings. The summed E-state index contributed by atoms with van der Waals surface area (Å²) in [5.41, 5.74) is 1.19. The van der Waals surface area contributed by atoms with Crippen LogP contribution >= 0.6 is 0 Å². The number of rotatable bonds is 2. The lowest BCUT2D eigenvalue weighted by atomic mass is 10.1. The van der Waals surface area contributed by atoms with Gasteiger partial charge in [0.1, 0.15) is 0 Å². The van der Waals surface area contributed by atoms with Crippen molar-refractivity contribution in [3.05, 3.63) is 42.0 Å². The number of hydrogen-bond donors (Lipinski definition) is 2. The summed E-state index contributed by atoms with van der Waals surface area (Å²) < 4.78 is 1.28. The Labute approximate surface area is 92.4 Å². The van der Waals surface area contributed by atoms with Crippen molar-refractivity contribution in [2.24, 2.45) is 0 Å². The summed E-state index contributed by atoms with van der Waals surface area (Å²) in [5, 5.41) is 19.0. The topological polar surface area (TPSA) is 62.5 Å². The number of aromatic hydroxyl groups is 2. The normalized spacial score (nSPS) is 10.3. The van der Waals surface area contributed by atoms with E-state index in [1.807, 2.05) is 0 Å². The average molecular weight is 217 g/mol. The summed E-state index contributed by atoms with van der Waals surface area (Å²) in [6.45, 7) is 1.49. The van der Waals surface area contributed by atoms with Gasteiger partial charge in [0.2, 0.25) is 0 Å². The van der Waals surface area contributed by atoms with Crippen molar-refractivity contribution >= 4 is 5.78 Å². The second-order valence-corrected chi connectivity index (χ2v) is 3.49. The van der Waals surface area contributed by atoms with E-state index in [0.29, 0.717) is 11.3 Å². The zero-order valence-electron chi connectivity index (χ0n) is 8.71. The molecule has 1 aromatic carbocycles. The quantitative estimate of drug-likeness (QED) is 0.757. The lowest BCUT2D eigenvalue weighted by molar-refractivity contribution is 0.101. The Hall–Kier alpha value is -2.23. The van der Waals surface area contributed by atoms with Gasteiger partial charge in [-0.3, -0.25) is 9.36 Å². The fourth-order valence-electron chi connectivity index (χ4n) is 1.53. The van der Waals surface area contributed by atoms with Crippen molar-refractivity contribution in [2.45, 2.75) is 6.92 Å². The summed E-state index contributed by atoms with van der Waals surface area (Å²) in [7, 11) is 0. The highest BCUT2D eigenvalue weighted by Gasteiger charge is 2.08. The van der Waals surface area contributed by atoms with E-state index in [1.54, 1.807) is 24.3 Å². The minimum Gasteiger partial charge on any atom is -0.494 e. The van der Waals surface area contributed by atoms with E-state index in [4.69, 9.17) is 0 Å². The largest absolute Gasteiger partial charge is 0.494 e. The molecular formula is C12H11NO3. The number of carbonyl (C=O) groups excluding carboxylic acids is 1. The van der Waals surface area contributed by atoms with Gasteiger partial charge < -0.3 is 10.2 Å². The van der Waals surface area contributed by atoms with Crippen molar-refractivity contribution in [3.8, 4) is 17.4 Å². The number of Topliss-reactive ketones (excluding diaryl/α,β-unsaturated/α-hetero) is 1. The zero-order valence-corrected chi connectivity index (χ0v) is 8.71. The third-order valence-electron chi connectivity index (χ3n) is 2.37. The smallest absolute Gasteiger partial charge is 0.198 e. The molecule has 0 aliphatic carbocycles. The third-order valence-corrected chi connectivity index (χ3v) is 2.37. The predicted molar refractivity (Wildman–Crippen MR) is 59.1 cm³/mol. The van der Waals surface area contributed by atoms with Crippen LogP contribution in [0.3, 0.4) is 0 Å². The number of benzene rings is 1. The molecule has 2 aromatic rings. The van der Waals surface area contributed by atoms with Crippen LogP contribution in [-0.4, -0.2) is 20.6 Å². The number of aromatic nitrogens is 1. The van der Waals surface area contributed by atoms with Crippen LogP contribution in [0.25, 0.3) is 5.69 Å². The molecule has 16 heavy (non-hydrogen) atoms. The Balaban J connectivity index is 2.46. The first-order chi connectivity index (χ1) is 7.59. The fraction of sp³-hybridized carbons (Fsp3) is 0.0833. The standard InChI is InChI=1S/C12H11NO3/c1-8(14)9-2-4-10(5-3-9)13-11(15)6-7-12(13)16/h2-7,15-16H,1H3. The molecule has 4 heteroatoms. The molecule has 0 saturated carbocycles. The minimum absolute atomic E-state index is 0.0208. The summed E-state index contributed by atoms with van der Waals surface area (Å²) in [5.74, 6) is -0.117. The van der Waals surface area contributed by atoms with Gasteiger partial charge in [-0.15, -0.1) is 0 Å². The highest BCUT2D eigenvalue weighted by Crippen LogP contribution is 2.26. The Bertz CT molecular complexity index is 506. The molecule has 2 rings (SSSR count). The molecule has 0 unspecified atom stereocenters. The Morgan fingerprint density at radius 2 is 1.50 bits per heavy atom. The molecule has 2 N–H and O–H groups in total. The third kappa shape index (κ3) is 1.65. The second kappa shape index (κ2) is 3.73. The fourth-order valence-corrected chi connectivity index (χ4v) is 1.53. The summed E-state index contributed by atoms with van der Waals surface area (Å²) in [6.07, 6.45) is 0. The molecule has 0 amide bonds. The van der Waals surface area contributed by atoms with Gasteiger partial charge in [0, 0.05) is 17.7 Å². The van der Waals surface area contributed by atoms with Gasteiger partial charge >= 0.3 is 0 Å². The van der Waals surface area contributed by atoms with Crippen LogP contribution in [0.1, 0.15) is 17.3 Å². The predicted octanol–water partition coefficient (Wildman–Crippen LogP) is 2.09. The van der Waals surface area contributed by atoms with E-state index in [0.717, 1.165) is 0 Å². The summed E-state index contributed by atoms with van der Waals surface area (Å²) in [4.78, 5) is 11.1. The van der Waals surface area contributed by atoms with Gasteiger partial charge in [-0.2, -0.15) is 0 Å². The van der Waals surface area contributed by atoms with Gasteiger partial charge in [-0.05, 0) is 31.2 Å². The van der Waals surface area contributed by atoms with Crippen LogP contribution < -0.4 is 0 Å². The lowest BCUT2D eigenvalue weighted by Gasteiger charge is -2.06. The molecule has 1 heterocycles. The lowest BCUT2D eigenvalue weighted by Crippen LogP contribution is -1.95. The highest BCUT2D eigenvalue weighted by molar-refractivity contribution is 5.94. The maximum absolute atomic E-state index is 11.1. The summed E-state index contributed by atoms with van der Waals surface area (Å²) in [6, 6.07) is 9.42. The van der Waals surface area contributed by atoms with Gasteiger partial charge in [-0.25, -0.2) is 0 Å². The second-order valence-electron chi connectivity index (χ2n) is 3.49. The Kier molecular flexibility index (Phi) is 2.40. The molecule has 1 aromatic heterocycles. The van der Waals surface area contributed by atoms with Gasteiger partial charge in [-0.1, -0.05) is 0 Å². The molecule has 0 saturated heterocycles. The van der Waals surface area contributed by atoms with E-state index in [-0.39, 0.29) is 17.5 Å². The molecule has 4 nitrogen and oxygen atoms in total. The number of ketones is 1. The number of nitrogens with zero attached hydrogens (tertiary/aromatic N) is 1. The average Bonchev–Trinajstić information content (AvgIpc) is 2.59. The zero-order chi connectivity index (χ0) is 11.7. The van der Waals surface area contributed by atoms with Crippen molar-refractivity contribution in [1.82, 2.24) is 4.57 Å². The summed E-state index contributed by atoms with van der Waals surface area (Å²) >= 11 is 0.